The summed E-state index contributed by atoms with van der Waals surface area (Å²) in [6.45, 7) is 2.02. The summed E-state index contributed by atoms with van der Waals surface area (Å²) in [5.74, 6) is 0.719. The smallest absolute Gasteiger partial charge is 0.246 e. The topological polar surface area (TPSA) is 62.6 Å². The van der Waals surface area contributed by atoms with Gasteiger partial charge in [-0.05, 0) is 48.1 Å². The van der Waals surface area contributed by atoms with E-state index in [1.54, 1.807) is 24.5 Å². The number of hydrogen-bond donors (Lipinski definition) is 1. The highest BCUT2D eigenvalue weighted by Gasteiger charge is 2.25. The molecule has 164 valence electrons. The van der Waals surface area contributed by atoms with Crippen molar-refractivity contribution < 1.29 is 14.0 Å². The highest BCUT2D eigenvalue weighted by molar-refractivity contribution is 5.91. The Bertz CT molecular complexity index is 982. The molecule has 1 N–H and O–H groups in total. The highest BCUT2D eigenvalue weighted by atomic mass is 16.3. The third-order valence-corrected chi connectivity index (χ3v) is 5.95. The first-order valence-corrected chi connectivity index (χ1v) is 11.1. The molecule has 1 aromatic heterocycles. The van der Waals surface area contributed by atoms with Crippen molar-refractivity contribution in [2.75, 3.05) is 19.6 Å². The summed E-state index contributed by atoms with van der Waals surface area (Å²) in [7, 11) is 0. The van der Waals surface area contributed by atoms with Crippen LogP contribution in [-0.2, 0) is 9.59 Å². The minimum Gasteiger partial charge on any atom is -0.465 e. The SMILES string of the molecule is O=C(NCC1CCN(C(=O)/C=C/c2ccco2)CC1)C(c1ccccc1)c1ccccc1. The van der Waals surface area contributed by atoms with E-state index in [0.717, 1.165) is 24.0 Å². The zero-order valence-electron chi connectivity index (χ0n) is 18.0. The molecule has 0 saturated carbocycles. The number of rotatable bonds is 7. The molecule has 2 aromatic carbocycles. The maximum atomic E-state index is 13.2. The van der Waals surface area contributed by atoms with E-state index in [1.165, 1.54) is 0 Å². The molecule has 1 saturated heterocycles. The van der Waals surface area contributed by atoms with E-state index >= 15 is 0 Å². The average Bonchev–Trinajstić information content (AvgIpc) is 3.37. The van der Waals surface area contributed by atoms with Gasteiger partial charge in [0, 0.05) is 25.7 Å². The first-order chi connectivity index (χ1) is 15.7. The third-order valence-electron chi connectivity index (χ3n) is 5.95. The van der Waals surface area contributed by atoms with E-state index in [9.17, 15) is 9.59 Å². The summed E-state index contributed by atoms with van der Waals surface area (Å²) in [4.78, 5) is 27.4. The van der Waals surface area contributed by atoms with Crippen molar-refractivity contribution in [3.05, 3.63) is 102 Å². The van der Waals surface area contributed by atoms with Gasteiger partial charge in [-0.1, -0.05) is 60.7 Å². The van der Waals surface area contributed by atoms with Crippen LogP contribution >= 0.6 is 0 Å². The molecule has 4 rings (SSSR count). The van der Waals surface area contributed by atoms with Crippen molar-refractivity contribution in [2.24, 2.45) is 5.92 Å². The van der Waals surface area contributed by atoms with Gasteiger partial charge in [-0.25, -0.2) is 0 Å². The van der Waals surface area contributed by atoms with Crippen molar-refractivity contribution in [3.63, 3.8) is 0 Å². The van der Waals surface area contributed by atoms with E-state index in [1.807, 2.05) is 71.6 Å². The van der Waals surface area contributed by atoms with Gasteiger partial charge in [0.05, 0.1) is 12.2 Å². The molecule has 0 unspecified atom stereocenters. The van der Waals surface area contributed by atoms with Crippen LogP contribution in [0.15, 0.2) is 89.6 Å². The lowest BCUT2D eigenvalue weighted by molar-refractivity contribution is -0.127. The molecule has 1 fully saturated rings. The second-order valence-corrected chi connectivity index (χ2v) is 8.12. The van der Waals surface area contributed by atoms with Crippen LogP contribution in [0.25, 0.3) is 6.08 Å². The van der Waals surface area contributed by atoms with E-state index in [0.29, 0.717) is 31.3 Å². The summed E-state index contributed by atoms with van der Waals surface area (Å²) in [6.07, 6.45) is 6.60. The molecule has 0 aliphatic carbocycles. The molecule has 3 aromatic rings. The maximum Gasteiger partial charge on any atom is 0.246 e. The van der Waals surface area contributed by atoms with Crippen LogP contribution in [0.4, 0.5) is 0 Å². The number of furan rings is 1. The van der Waals surface area contributed by atoms with Crippen LogP contribution in [0, 0.1) is 5.92 Å². The zero-order valence-corrected chi connectivity index (χ0v) is 18.0. The second kappa shape index (κ2) is 10.6. The molecule has 0 radical (unpaired) electrons. The Hall–Kier alpha value is -3.60. The lowest BCUT2D eigenvalue weighted by Crippen LogP contribution is -2.41. The van der Waals surface area contributed by atoms with Crippen LogP contribution in [0.1, 0.15) is 35.6 Å². The van der Waals surface area contributed by atoms with Gasteiger partial charge in [-0.15, -0.1) is 0 Å². The molecule has 2 heterocycles. The summed E-state index contributed by atoms with van der Waals surface area (Å²) in [6, 6.07) is 23.4. The number of carbonyl (C=O) groups excluding carboxylic acids is 2. The van der Waals surface area contributed by atoms with E-state index < -0.39 is 0 Å². The number of amides is 2. The fraction of sp³-hybridized carbons (Fsp3) is 0.259. The van der Waals surface area contributed by atoms with Crippen molar-refractivity contribution in [2.45, 2.75) is 18.8 Å². The first-order valence-electron chi connectivity index (χ1n) is 11.1. The van der Waals surface area contributed by atoms with E-state index in [2.05, 4.69) is 5.32 Å². The van der Waals surface area contributed by atoms with Crippen LogP contribution in [-0.4, -0.2) is 36.3 Å². The molecular formula is C27H28N2O3. The summed E-state index contributed by atoms with van der Waals surface area (Å²) in [5, 5.41) is 3.17. The molecule has 2 amide bonds. The molecule has 32 heavy (non-hydrogen) atoms. The number of benzene rings is 2. The average molecular weight is 429 g/mol. The van der Waals surface area contributed by atoms with Crippen molar-refractivity contribution in [3.8, 4) is 0 Å². The largest absolute Gasteiger partial charge is 0.465 e. The Morgan fingerprint density at radius 2 is 1.56 bits per heavy atom. The summed E-state index contributed by atoms with van der Waals surface area (Å²) in [5.41, 5.74) is 1.97. The van der Waals surface area contributed by atoms with Crippen LogP contribution in [0.5, 0.6) is 0 Å². The molecule has 0 spiro atoms. The predicted octanol–water partition coefficient (Wildman–Crippen LogP) is 4.48. The number of nitrogens with one attached hydrogen (secondary N) is 1. The fourth-order valence-electron chi connectivity index (χ4n) is 4.14. The molecular weight excluding hydrogens is 400 g/mol. The van der Waals surface area contributed by atoms with Gasteiger partial charge in [0.15, 0.2) is 0 Å². The second-order valence-electron chi connectivity index (χ2n) is 8.12. The number of nitrogens with zero attached hydrogens (tertiary/aromatic N) is 1. The van der Waals surface area contributed by atoms with E-state index in [4.69, 9.17) is 4.42 Å². The predicted molar refractivity (Wildman–Crippen MR) is 125 cm³/mol. The fourth-order valence-corrected chi connectivity index (χ4v) is 4.14. The lowest BCUT2D eigenvalue weighted by Gasteiger charge is -2.31. The normalized spacial score (nSPS) is 14.7. The molecule has 5 nitrogen and oxygen atoms in total. The first kappa shape index (κ1) is 21.6. The Labute approximate surface area is 188 Å². The minimum atomic E-state index is -0.328. The Balaban J connectivity index is 1.30. The van der Waals surface area contributed by atoms with Gasteiger partial charge in [0.25, 0.3) is 0 Å². The van der Waals surface area contributed by atoms with Gasteiger partial charge in [0.2, 0.25) is 11.8 Å². The molecule has 0 bridgehead atoms. The van der Waals surface area contributed by atoms with Gasteiger partial charge >= 0.3 is 0 Å². The standard InChI is InChI=1S/C27H28N2O3/c30-25(14-13-24-12-7-19-32-24)29-17-15-21(16-18-29)20-28-27(31)26(22-8-3-1-4-9-22)23-10-5-2-6-11-23/h1-14,19,21,26H,15-18,20H2,(H,28,31)/b14-13+. The summed E-state index contributed by atoms with van der Waals surface area (Å²) < 4.78 is 5.23. The Morgan fingerprint density at radius 1 is 0.938 bits per heavy atom. The minimum absolute atomic E-state index is 0.00268. The Morgan fingerprint density at radius 3 is 2.12 bits per heavy atom. The molecule has 1 aliphatic heterocycles. The van der Waals surface area contributed by atoms with Gasteiger partial charge in [-0.3, -0.25) is 9.59 Å². The highest BCUT2D eigenvalue weighted by Crippen LogP contribution is 2.25. The van der Waals surface area contributed by atoms with Crippen molar-refractivity contribution in [1.82, 2.24) is 10.2 Å². The Kier molecular flexibility index (Phi) is 7.18. The molecule has 5 heteroatoms. The number of carbonyl (C=O) groups is 2. The zero-order chi connectivity index (χ0) is 22.2. The molecule has 1 aliphatic rings. The number of hydrogen-bond acceptors (Lipinski definition) is 3. The van der Waals surface area contributed by atoms with Gasteiger partial charge in [-0.2, -0.15) is 0 Å². The van der Waals surface area contributed by atoms with Crippen LogP contribution in [0.2, 0.25) is 0 Å². The number of piperidine rings is 1. The van der Waals surface area contributed by atoms with Crippen molar-refractivity contribution in [1.29, 1.82) is 0 Å². The number of likely N-dealkylation sites (tertiary alicyclic amines) is 1. The van der Waals surface area contributed by atoms with Gasteiger partial charge < -0.3 is 14.6 Å². The lowest BCUT2D eigenvalue weighted by atomic mass is 9.90. The monoisotopic (exact) mass is 428 g/mol. The third kappa shape index (κ3) is 5.55. The maximum absolute atomic E-state index is 13.2. The van der Waals surface area contributed by atoms with Crippen LogP contribution < -0.4 is 5.32 Å². The summed E-state index contributed by atoms with van der Waals surface area (Å²) >= 11 is 0. The molecule has 0 atom stereocenters. The quantitative estimate of drug-likeness (QED) is 0.565. The van der Waals surface area contributed by atoms with E-state index in [-0.39, 0.29) is 17.7 Å². The van der Waals surface area contributed by atoms with Crippen molar-refractivity contribution >= 4 is 17.9 Å². The van der Waals surface area contributed by atoms with Gasteiger partial charge in [0.1, 0.15) is 5.76 Å². The van der Waals surface area contributed by atoms with Crippen LogP contribution in [0.3, 0.4) is 0 Å².